The first kappa shape index (κ1) is 22.5. The predicted octanol–water partition coefficient (Wildman–Crippen LogP) is 3.82. The molecule has 9 heteroatoms. The average molecular weight is 389 g/mol. The van der Waals surface area contributed by atoms with Gasteiger partial charge in [-0.1, -0.05) is 6.92 Å². The summed E-state index contributed by atoms with van der Waals surface area (Å²) < 4.78 is 44.6. The fourth-order valence-electron chi connectivity index (χ4n) is 2.33. The number of alkyl carbamates (subject to hydrolysis) is 1. The molecule has 1 rings (SSSR count). The highest BCUT2D eigenvalue weighted by Crippen LogP contribution is 2.22. The van der Waals surface area contributed by atoms with Gasteiger partial charge >= 0.3 is 12.1 Å². The Morgan fingerprint density at radius 2 is 1.63 bits per heavy atom. The number of halogens is 3. The maximum absolute atomic E-state index is 13.3. The number of carboxylic acids is 1. The highest BCUT2D eigenvalue weighted by Gasteiger charge is 2.40. The zero-order valence-corrected chi connectivity index (χ0v) is 15.5. The molecule has 1 aromatic carbocycles. The molecule has 0 aliphatic rings. The van der Waals surface area contributed by atoms with Gasteiger partial charge in [0.1, 0.15) is 11.1 Å². The third kappa shape index (κ3) is 5.97. The Labute approximate surface area is 154 Å². The fourth-order valence-corrected chi connectivity index (χ4v) is 2.33. The van der Waals surface area contributed by atoms with Crippen LogP contribution in [0.15, 0.2) is 12.1 Å². The van der Waals surface area contributed by atoms with Gasteiger partial charge in [0, 0.05) is 12.0 Å². The second-order valence-electron chi connectivity index (χ2n) is 7.04. The van der Waals surface area contributed by atoms with Crippen LogP contribution in [-0.4, -0.2) is 34.1 Å². The van der Waals surface area contributed by atoms with E-state index in [0.717, 1.165) is 0 Å². The number of ether oxygens (including phenoxy) is 1. The molecule has 6 nitrogen and oxygen atoms in total. The maximum Gasteiger partial charge on any atom is 0.408 e. The predicted molar refractivity (Wildman–Crippen MR) is 89.9 cm³/mol. The molecule has 0 heterocycles. The number of carboxylic acid groups (broad SMARTS) is 1. The van der Waals surface area contributed by atoms with E-state index >= 15 is 0 Å². The van der Waals surface area contributed by atoms with E-state index in [1.165, 1.54) is 6.92 Å². The van der Waals surface area contributed by atoms with E-state index in [9.17, 15) is 32.7 Å². The lowest BCUT2D eigenvalue weighted by molar-refractivity contribution is -0.145. The molecule has 0 bridgehead atoms. The van der Waals surface area contributed by atoms with Crippen molar-refractivity contribution in [2.24, 2.45) is 0 Å². The maximum atomic E-state index is 13.3. The van der Waals surface area contributed by atoms with Gasteiger partial charge in [-0.3, -0.25) is 4.79 Å². The van der Waals surface area contributed by atoms with Gasteiger partial charge in [0.2, 0.25) is 0 Å². The van der Waals surface area contributed by atoms with Gasteiger partial charge < -0.3 is 15.2 Å². The molecule has 1 atom stereocenters. The van der Waals surface area contributed by atoms with Crippen LogP contribution in [0.4, 0.5) is 18.0 Å². The minimum absolute atomic E-state index is 0.0685. The van der Waals surface area contributed by atoms with Gasteiger partial charge in [0.15, 0.2) is 23.2 Å². The quantitative estimate of drug-likeness (QED) is 0.546. The van der Waals surface area contributed by atoms with Crippen molar-refractivity contribution in [2.45, 2.75) is 58.1 Å². The van der Waals surface area contributed by atoms with Crippen LogP contribution < -0.4 is 5.32 Å². The molecule has 0 aliphatic carbocycles. The summed E-state index contributed by atoms with van der Waals surface area (Å²) in [7, 11) is 0. The number of hydrogen-bond donors (Lipinski definition) is 2. The molecule has 27 heavy (non-hydrogen) atoms. The second-order valence-corrected chi connectivity index (χ2v) is 7.04. The van der Waals surface area contributed by atoms with Gasteiger partial charge in [-0.05, 0) is 45.7 Å². The molecular weight excluding hydrogens is 367 g/mol. The van der Waals surface area contributed by atoms with Gasteiger partial charge in [-0.15, -0.1) is 0 Å². The monoisotopic (exact) mass is 389 g/mol. The van der Waals surface area contributed by atoms with Crippen LogP contribution in [0.25, 0.3) is 0 Å². The number of ketones is 1. The standard InChI is InChI=1S/C18H22F3NO5/c1-5-18(15(24)25,22-16(26)27-17(2,3)4)7-6-13(23)10-8-11(19)14(21)12(20)9-10/h8-9H,5-7H2,1-4H3,(H,22,26)(H,24,25)/t18-/m0/s1. The molecule has 0 fully saturated rings. The molecule has 0 aliphatic heterocycles. The number of aliphatic carboxylic acids is 1. The molecule has 0 radical (unpaired) electrons. The van der Waals surface area contributed by atoms with Crippen LogP contribution >= 0.6 is 0 Å². The summed E-state index contributed by atoms with van der Waals surface area (Å²) >= 11 is 0. The summed E-state index contributed by atoms with van der Waals surface area (Å²) in [4.78, 5) is 35.8. The van der Waals surface area contributed by atoms with E-state index in [4.69, 9.17) is 4.74 Å². The Bertz CT molecular complexity index is 722. The van der Waals surface area contributed by atoms with Crippen LogP contribution in [0.2, 0.25) is 0 Å². The first-order valence-electron chi connectivity index (χ1n) is 8.23. The Balaban J connectivity index is 2.96. The Hall–Kier alpha value is -2.58. The van der Waals surface area contributed by atoms with Crippen molar-refractivity contribution < 1.29 is 37.4 Å². The number of carbonyl (C=O) groups excluding carboxylic acids is 2. The van der Waals surface area contributed by atoms with Gasteiger partial charge in [-0.25, -0.2) is 22.8 Å². The zero-order valence-electron chi connectivity index (χ0n) is 15.5. The largest absolute Gasteiger partial charge is 0.480 e. The number of carbonyl (C=O) groups is 3. The van der Waals surface area contributed by atoms with Crippen molar-refractivity contribution in [3.05, 3.63) is 35.1 Å². The fraction of sp³-hybridized carbons (Fsp3) is 0.500. The summed E-state index contributed by atoms with van der Waals surface area (Å²) in [5.41, 5.74) is -3.10. The zero-order chi connectivity index (χ0) is 21.0. The molecule has 0 unspecified atom stereocenters. The van der Waals surface area contributed by atoms with E-state index in [0.29, 0.717) is 12.1 Å². The lowest BCUT2D eigenvalue weighted by atomic mass is 9.88. The highest BCUT2D eigenvalue weighted by atomic mass is 19.2. The van der Waals surface area contributed by atoms with E-state index in [-0.39, 0.29) is 12.8 Å². The van der Waals surface area contributed by atoms with Crippen LogP contribution in [0, 0.1) is 17.5 Å². The number of hydrogen-bond acceptors (Lipinski definition) is 4. The van der Waals surface area contributed by atoms with Crippen LogP contribution in [-0.2, 0) is 9.53 Å². The van der Waals surface area contributed by atoms with Crippen molar-refractivity contribution in [3.8, 4) is 0 Å². The van der Waals surface area contributed by atoms with Crippen LogP contribution in [0.5, 0.6) is 0 Å². The number of benzene rings is 1. The molecular formula is C18H22F3NO5. The number of Topliss-reactive ketones (excluding diaryl/α,β-unsaturated/α-hetero) is 1. The summed E-state index contributed by atoms with van der Waals surface area (Å²) in [6.07, 6.45) is -1.84. The van der Waals surface area contributed by atoms with E-state index in [1.807, 2.05) is 0 Å². The molecule has 0 saturated carbocycles. The van der Waals surface area contributed by atoms with Crippen molar-refractivity contribution in [1.82, 2.24) is 5.32 Å². The van der Waals surface area contributed by atoms with E-state index in [2.05, 4.69) is 5.32 Å². The average Bonchev–Trinajstić information content (AvgIpc) is 2.53. The summed E-state index contributed by atoms with van der Waals surface area (Å²) in [6, 6.07) is 1.08. The lowest BCUT2D eigenvalue weighted by Gasteiger charge is -2.30. The van der Waals surface area contributed by atoms with Crippen molar-refractivity contribution in [1.29, 1.82) is 0 Å². The van der Waals surface area contributed by atoms with Crippen molar-refractivity contribution >= 4 is 17.8 Å². The smallest absolute Gasteiger partial charge is 0.408 e. The first-order valence-corrected chi connectivity index (χ1v) is 8.23. The Morgan fingerprint density at radius 3 is 2.04 bits per heavy atom. The number of nitrogens with one attached hydrogen (secondary N) is 1. The highest BCUT2D eigenvalue weighted by molar-refractivity contribution is 5.96. The minimum atomic E-state index is -1.81. The van der Waals surface area contributed by atoms with E-state index < -0.39 is 58.4 Å². The third-order valence-electron chi connectivity index (χ3n) is 3.84. The molecule has 150 valence electrons. The van der Waals surface area contributed by atoms with Gasteiger partial charge in [0.25, 0.3) is 0 Å². The van der Waals surface area contributed by atoms with Crippen LogP contribution in [0.1, 0.15) is 57.3 Å². The Kier molecular flexibility index (Phi) is 6.99. The SMILES string of the molecule is CC[C@@](CCC(=O)c1cc(F)c(F)c(F)c1)(NC(=O)OC(C)(C)C)C(=O)O. The molecule has 2 N–H and O–H groups in total. The summed E-state index contributed by atoms with van der Waals surface area (Å²) in [6.45, 7) is 6.29. The second kappa shape index (κ2) is 8.41. The van der Waals surface area contributed by atoms with Crippen molar-refractivity contribution in [2.75, 3.05) is 0 Å². The minimum Gasteiger partial charge on any atom is -0.480 e. The molecule has 1 amide bonds. The molecule has 0 saturated heterocycles. The summed E-state index contributed by atoms with van der Waals surface area (Å²) in [5.74, 6) is -6.93. The van der Waals surface area contributed by atoms with Crippen LogP contribution in [0.3, 0.4) is 0 Å². The summed E-state index contributed by atoms with van der Waals surface area (Å²) in [5, 5.41) is 11.8. The molecule has 0 spiro atoms. The number of amides is 1. The first-order chi connectivity index (χ1) is 12.3. The van der Waals surface area contributed by atoms with Gasteiger partial charge in [-0.2, -0.15) is 0 Å². The Morgan fingerprint density at radius 1 is 1.11 bits per heavy atom. The van der Waals surface area contributed by atoms with Crippen molar-refractivity contribution in [3.63, 3.8) is 0 Å². The molecule has 1 aromatic rings. The normalized spacial score (nSPS) is 13.6. The molecule has 0 aromatic heterocycles. The third-order valence-corrected chi connectivity index (χ3v) is 3.84. The number of rotatable bonds is 7. The van der Waals surface area contributed by atoms with Gasteiger partial charge in [0.05, 0.1) is 0 Å². The lowest BCUT2D eigenvalue weighted by Crippen LogP contribution is -2.55. The van der Waals surface area contributed by atoms with E-state index in [1.54, 1.807) is 20.8 Å². The topological polar surface area (TPSA) is 92.7 Å².